The number of hydrogen-bond acceptors (Lipinski definition) is 2. The summed E-state index contributed by atoms with van der Waals surface area (Å²) in [6, 6.07) is 16.5. The molecule has 0 heterocycles. The minimum absolute atomic E-state index is 0.278. The molecule has 0 radical (unpaired) electrons. The van der Waals surface area contributed by atoms with Gasteiger partial charge in [-0.2, -0.15) is 0 Å². The Morgan fingerprint density at radius 2 is 1.73 bits per heavy atom. The van der Waals surface area contributed by atoms with Gasteiger partial charge in [-0.1, -0.05) is 69.3 Å². The maximum absolute atomic E-state index is 12.3. The van der Waals surface area contributed by atoms with E-state index in [9.17, 15) is 9.59 Å². The number of carbonyl (C=O) groups is 2. The number of fused-ring (bicyclic) bond motifs is 1. The van der Waals surface area contributed by atoms with E-state index in [0.717, 1.165) is 24.0 Å². The quantitative estimate of drug-likeness (QED) is 0.692. The zero-order valence-electron chi connectivity index (χ0n) is 16.3. The molecule has 2 nitrogen and oxygen atoms in total. The van der Waals surface area contributed by atoms with Gasteiger partial charge in [-0.05, 0) is 41.0 Å². The fourth-order valence-electron chi connectivity index (χ4n) is 3.41. The van der Waals surface area contributed by atoms with Gasteiger partial charge >= 0.3 is 0 Å². The second-order valence-electron chi connectivity index (χ2n) is 6.88. The zero-order chi connectivity index (χ0) is 18.9. The number of Topliss-reactive ketones (excluding diaryl/α,β-unsaturated/α-hetero) is 2. The van der Waals surface area contributed by atoms with Gasteiger partial charge < -0.3 is 0 Å². The molecule has 2 aromatic carbocycles. The Morgan fingerprint density at radius 1 is 1.00 bits per heavy atom. The van der Waals surface area contributed by atoms with Crippen LogP contribution in [0, 0.1) is 0 Å². The van der Waals surface area contributed by atoms with E-state index in [0.29, 0.717) is 37.4 Å². The molecule has 0 bridgehead atoms. The molecular weight excluding hydrogens is 320 g/mol. The smallest absolute Gasteiger partial charge is 0.137 e. The van der Waals surface area contributed by atoms with Crippen molar-refractivity contribution in [1.29, 1.82) is 0 Å². The molecule has 1 aliphatic rings. The van der Waals surface area contributed by atoms with Crippen molar-refractivity contribution in [3.63, 3.8) is 0 Å². The van der Waals surface area contributed by atoms with Crippen molar-refractivity contribution in [3.05, 3.63) is 70.8 Å². The second kappa shape index (κ2) is 10.1. The van der Waals surface area contributed by atoms with Crippen LogP contribution in [0.1, 0.15) is 68.2 Å². The summed E-state index contributed by atoms with van der Waals surface area (Å²) in [4.78, 5) is 23.9. The molecule has 1 atom stereocenters. The number of ketones is 2. The van der Waals surface area contributed by atoms with Crippen LogP contribution in [0.25, 0.3) is 0 Å². The third-order valence-electron chi connectivity index (χ3n) is 4.96. The summed E-state index contributed by atoms with van der Waals surface area (Å²) in [6.45, 7) is 6.17. The van der Waals surface area contributed by atoms with Gasteiger partial charge in [0, 0.05) is 25.7 Å². The third-order valence-corrected chi connectivity index (χ3v) is 4.96. The summed E-state index contributed by atoms with van der Waals surface area (Å²) in [5.74, 6) is 0.985. The molecule has 138 valence electrons. The summed E-state index contributed by atoms with van der Waals surface area (Å²) >= 11 is 0. The highest BCUT2D eigenvalue weighted by molar-refractivity contribution is 5.84. The molecule has 0 fully saturated rings. The Balaban J connectivity index is 0.00000117. The van der Waals surface area contributed by atoms with Crippen LogP contribution in [0.15, 0.2) is 48.5 Å². The van der Waals surface area contributed by atoms with Gasteiger partial charge in [0.25, 0.3) is 0 Å². The van der Waals surface area contributed by atoms with Crippen LogP contribution < -0.4 is 0 Å². The monoisotopic (exact) mass is 350 g/mol. The number of carbonyl (C=O) groups excluding carboxylic acids is 2. The van der Waals surface area contributed by atoms with Crippen LogP contribution in [-0.2, 0) is 28.9 Å². The lowest BCUT2D eigenvalue weighted by Gasteiger charge is -2.16. The molecule has 0 aromatic heterocycles. The van der Waals surface area contributed by atoms with Gasteiger partial charge in [0.15, 0.2) is 0 Å². The standard InChI is InChI=1S/C22H24O2.C2H6/c1-16(18-5-3-2-4-6-18)7-11-21(23)14-17-8-9-19-10-12-22(24)15-20(19)13-17;1-2/h2-6,8-9,13,16H,7,10-12,14-15H2,1H3;1-2H3/t16-;/m1./s1. The zero-order valence-corrected chi connectivity index (χ0v) is 16.3. The highest BCUT2D eigenvalue weighted by Gasteiger charge is 2.16. The molecule has 1 aliphatic carbocycles. The van der Waals surface area contributed by atoms with Gasteiger partial charge in [-0.15, -0.1) is 0 Å². The van der Waals surface area contributed by atoms with E-state index in [1.54, 1.807) is 0 Å². The highest BCUT2D eigenvalue weighted by Crippen LogP contribution is 2.23. The average molecular weight is 351 g/mol. The first kappa shape index (κ1) is 20.1. The van der Waals surface area contributed by atoms with Crippen LogP contribution >= 0.6 is 0 Å². The normalized spacial score (nSPS) is 14.0. The number of benzene rings is 2. The second-order valence-corrected chi connectivity index (χ2v) is 6.88. The topological polar surface area (TPSA) is 34.1 Å². The minimum atomic E-state index is 0.278. The minimum Gasteiger partial charge on any atom is -0.299 e. The van der Waals surface area contributed by atoms with E-state index in [2.05, 4.69) is 31.2 Å². The first-order chi connectivity index (χ1) is 12.6. The van der Waals surface area contributed by atoms with Gasteiger partial charge in [-0.25, -0.2) is 0 Å². The Bertz CT molecular complexity index is 731. The van der Waals surface area contributed by atoms with E-state index in [-0.39, 0.29) is 5.78 Å². The predicted octanol–water partition coefficient (Wildman–Crippen LogP) is 5.47. The number of rotatable bonds is 6. The third kappa shape index (κ3) is 5.66. The van der Waals surface area contributed by atoms with Gasteiger partial charge in [0.05, 0.1) is 0 Å². The molecule has 0 amide bonds. The van der Waals surface area contributed by atoms with Crippen molar-refractivity contribution in [2.45, 2.75) is 65.2 Å². The van der Waals surface area contributed by atoms with E-state index in [4.69, 9.17) is 0 Å². The maximum atomic E-state index is 12.3. The van der Waals surface area contributed by atoms with Crippen molar-refractivity contribution < 1.29 is 9.59 Å². The summed E-state index contributed by atoms with van der Waals surface area (Å²) in [6.07, 6.45) is 3.99. The molecule has 2 heteroatoms. The molecule has 0 saturated carbocycles. The molecule has 0 N–H and O–H groups in total. The van der Waals surface area contributed by atoms with Crippen LogP contribution in [-0.4, -0.2) is 11.6 Å². The maximum Gasteiger partial charge on any atom is 0.137 e. The van der Waals surface area contributed by atoms with E-state index in [1.807, 2.05) is 38.1 Å². The molecule has 0 unspecified atom stereocenters. The highest BCUT2D eigenvalue weighted by atomic mass is 16.1. The number of hydrogen-bond donors (Lipinski definition) is 0. The predicted molar refractivity (Wildman–Crippen MR) is 108 cm³/mol. The van der Waals surface area contributed by atoms with E-state index >= 15 is 0 Å². The molecule has 0 aliphatic heterocycles. The summed E-state index contributed by atoms with van der Waals surface area (Å²) < 4.78 is 0. The summed E-state index contributed by atoms with van der Waals surface area (Å²) in [5, 5.41) is 0. The Morgan fingerprint density at radius 3 is 2.46 bits per heavy atom. The van der Waals surface area contributed by atoms with Crippen LogP contribution in [0.3, 0.4) is 0 Å². The van der Waals surface area contributed by atoms with Crippen LogP contribution in [0.5, 0.6) is 0 Å². The van der Waals surface area contributed by atoms with Crippen molar-refractivity contribution in [2.75, 3.05) is 0 Å². The van der Waals surface area contributed by atoms with Crippen molar-refractivity contribution in [2.24, 2.45) is 0 Å². The molecule has 0 saturated heterocycles. The Hall–Kier alpha value is -2.22. The number of aryl methyl sites for hydroxylation is 1. The van der Waals surface area contributed by atoms with Gasteiger partial charge in [0.1, 0.15) is 11.6 Å². The summed E-state index contributed by atoms with van der Waals surface area (Å²) in [7, 11) is 0. The lowest BCUT2D eigenvalue weighted by molar-refractivity contribution is -0.119. The van der Waals surface area contributed by atoms with Gasteiger partial charge in [-0.3, -0.25) is 9.59 Å². The first-order valence-corrected chi connectivity index (χ1v) is 9.81. The fourth-order valence-corrected chi connectivity index (χ4v) is 3.41. The lowest BCUT2D eigenvalue weighted by Crippen LogP contribution is -2.14. The molecular formula is C24H30O2. The van der Waals surface area contributed by atoms with Crippen molar-refractivity contribution in [1.82, 2.24) is 0 Å². The fraction of sp³-hybridized carbons (Fsp3) is 0.417. The molecule has 3 rings (SSSR count). The molecule has 26 heavy (non-hydrogen) atoms. The lowest BCUT2D eigenvalue weighted by atomic mass is 9.88. The van der Waals surface area contributed by atoms with Crippen molar-refractivity contribution in [3.8, 4) is 0 Å². The van der Waals surface area contributed by atoms with Crippen molar-refractivity contribution >= 4 is 11.6 Å². The van der Waals surface area contributed by atoms with Crippen LogP contribution in [0.4, 0.5) is 0 Å². The van der Waals surface area contributed by atoms with Crippen LogP contribution in [0.2, 0.25) is 0 Å². The SMILES string of the molecule is CC.C[C@H](CCC(=O)Cc1ccc2c(c1)CC(=O)CC2)c1ccccc1. The van der Waals surface area contributed by atoms with Gasteiger partial charge in [0.2, 0.25) is 0 Å². The Kier molecular flexibility index (Phi) is 7.77. The molecule has 2 aromatic rings. The van der Waals surface area contributed by atoms with E-state index < -0.39 is 0 Å². The first-order valence-electron chi connectivity index (χ1n) is 9.81. The Labute approximate surface area is 157 Å². The molecule has 0 spiro atoms. The summed E-state index contributed by atoms with van der Waals surface area (Å²) in [5.41, 5.74) is 4.72. The average Bonchev–Trinajstić information content (AvgIpc) is 2.68. The largest absolute Gasteiger partial charge is 0.299 e. The van der Waals surface area contributed by atoms with E-state index in [1.165, 1.54) is 11.1 Å².